The van der Waals surface area contributed by atoms with Crippen LogP contribution in [0.25, 0.3) is 11.1 Å². The maximum atomic E-state index is 6.06. The van der Waals surface area contributed by atoms with Gasteiger partial charge in [0.2, 0.25) is 0 Å². The van der Waals surface area contributed by atoms with Crippen LogP contribution in [0.15, 0.2) is 65.9 Å². The molecule has 0 spiro atoms. The second kappa shape index (κ2) is 6.65. The summed E-state index contributed by atoms with van der Waals surface area (Å²) in [6.07, 6.45) is 3.56. The summed E-state index contributed by atoms with van der Waals surface area (Å²) in [6, 6.07) is 15.6. The molecule has 2 aromatic carbocycles. The van der Waals surface area contributed by atoms with Crippen LogP contribution in [0.5, 0.6) is 0 Å². The molecular formula is C17H18N6. The van der Waals surface area contributed by atoms with Crippen LogP contribution in [0.2, 0.25) is 0 Å². The van der Waals surface area contributed by atoms with E-state index in [-0.39, 0.29) is 0 Å². The van der Waals surface area contributed by atoms with Gasteiger partial charge in [-0.3, -0.25) is 5.10 Å². The number of hydrogen-bond acceptors (Lipinski definition) is 3. The van der Waals surface area contributed by atoms with Crippen LogP contribution in [0, 0.1) is 0 Å². The first-order valence-electron chi connectivity index (χ1n) is 7.23. The normalized spacial score (nSPS) is 11.4. The van der Waals surface area contributed by atoms with E-state index in [1.807, 2.05) is 54.7 Å². The molecule has 1 heterocycles. The Morgan fingerprint density at radius 2 is 1.96 bits per heavy atom. The first kappa shape index (κ1) is 14.6. The summed E-state index contributed by atoms with van der Waals surface area (Å²) in [5.74, 6) is 0.330. The van der Waals surface area contributed by atoms with Gasteiger partial charge >= 0.3 is 0 Å². The van der Waals surface area contributed by atoms with E-state index in [0.717, 1.165) is 16.7 Å². The van der Waals surface area contributed by atoms with Crippen molar-refractivity contribution in [3.63, 3.8) is 0 Å². The lowest BCUT2D eigenvalue weighted by molar-refractivity contribution is 0.904. The number of aliphatic imine (C=N–C) groups is 1. The first-order valence-corrected chi connectivity index (χ1v) is 7.23. The molecule has 6 heteroatoms. The second-order valence-electron chi connectivity index (χ2n) is 5.10. The highest BCUT2D eigenvalue weighted by Crippen LogP contribution is 2.28. The van der Waals surface area contributed by atoms with Crippen LogP contribution in [-0.4, -0.2) is 16.2 Å². The Kier molecular flexibility index (Phi) is 4.24. The van der Waals surface area contributed by atoms with Crippen molar-refractivity contribution < 1.29 is 0 Å². The molecule has 116 valence electrons. The van der Waals surface area contributed by atoms with Gasteiger partial charge in [0.15, 0.2) is 5.96 Å². The van der Waals surface area contributed by atoms with Crippen LogP contribution in [-0.2, 0) is 6.54 Å². The van der Waals surface area contributed by atoms with Gasteiger partial charge in [0.25, 0.3) is 0 Å². The van der Waals surface area contributed by atoms with Crippen molar-refractivity contribution in [2.45, 2.75) is 6.54 Å². The van der Waals surface area contributed by atoms with Crippen molar-refractivity contribution in [3.05, 3.63) is 66.5 Å². The summed E-state index contributed by atoms with van der Waals surface area (Å²) in [5.41, 5.74) is 16.3. The number of nitrogens with one attached hydrogen (secondary N) is 2. The molecule has 6 nitrogen and oxygen atoms in total. The molecule has 0 fully saturated rings. The van der Waals surface area contributed by atoms with Gasteiger partial charge in [-0.05, 0) is 23.3 Å². The van der Waals surface area contributed by atoms with Crippen molar-refractivity contribution >= 4 is 17.3 Å². The standard InChI is InChI=1S/C17H18N6/c18-15-8-13(14-10-21-22-11-14)6-7-16(15)23-17(19)20-9-12-4-2-1-3-5-12/h1-8,10-11H,9,18H2,(H,21,22)(H3,19,20,23). The highest BCUT2D eigenvalue weighted by molar-refractivity contribution is 5.84. The van der Waals surface area contributed by atoms with Crippen LogP contribution in [0.1, 0.15) is 5.56 Å². The highest BCUT2D eigenvalue weighted by Gasteiger charge is 2.04. The number of anilines is 1. The third-order valence-electron chi connectivity index (χ3n) is 3.42. The Hall–Kier alpha value is -3.28. The predicted molar refractivity (Wildman–Crippen MR) is 93.0 cm³/mol. The molecule has 6 N–H and O–H groups in total. The maximum absolute atomic E-state index is 6.06. The fourth-order valence-corrected chi connectivity index (χ4v) is 2.20. The van der Waals surface area contributed by atoms with E-state index in [4.69, 9.17) is 11.5 Å². The molecule has 0 saturated heterocycles. The Labute approximate surface area is 134 Å². The molecule has 3 aromatic rings. The number of aromatic amines is 1. The van der Waals surface area contributed by atoms with Crippen LogP contribution < -0.4 is 16.8 Å². The molecule has 0 aliphatic rings. The maximum Gasteiger partial charge on any atom is 0.194 e. The zero-order valence-electron chi connectivity index (χ0n) is 12.5. The van der Waals surface area contributed by atoms with Gasteiger partial charge in [0.05, 0.1) is 17.6 Å². The third kappa shape index (κ3) is 3.68. The van der Waals surface area contributed by atoms with Crippen LogP contribution >= 0.6 is 0 Å². The summed E-state index contributed by atoms with van der Waals surface area (Å²) in [4.78, 5) is 4.33. The van der Waals surface area contributed by atoms with Crippen molar-refractivity contribution in [2.24, 2.45) is 10.7 Å². The average molecular weight is 306 g/mol. The van der Waals surface area contributed by atoms with E-state index in [1.165, 1.54) is 0 Å². The third-order valence-corrected chi connectivity index (χ3v) is 3.42. The smallest absolute Gasteiger partial charge is 0.194 e. The molecule has 23 heavy (non-hydrogen) atoms. The van der Waals surface area contributed by atoms with Crippen molar-refractivity contribution in [2.75, 3.05) is 5.73 Å². The fraction of sp³-hybridized carbons (Fsp3) is 0.0588. The minimum Gasteiger partial charge on any atom is -0.397 e. The number of nitrogen functional groups attached to an aromatic ring is 1. The molecule has 0 saturated carbocycles. The fourth-order valence-electron chi connectivity index (χ4n) is 2.20. The second-order valence-corrected chi connectivity index (χ2v) is 5.10. The van der Waals surface area contributed by atoms with E-state index in [1.54, 1.807) is 6.20 Å². The summed E-state index contributed by atoms with van der Waals surface area (Å²) in [6.45, 7) is 0.614. The van der Waals surface area contributed by atoms with Crippen LogP contribution in [0.3, 0.4) is 0 Å². The molecule has 0 atom stereocenters. The summed E-state index contributed by atoms with van der Waals surface area (Å²) in [5, 5.41) is 9.78. The summed E-state index contributed by atoms with van der Waals surface area (Å²) >= 11 is 0. The molecule has 1 aromatic heterocycles. The molecule has 3 rings (SSSR count). The number of H-pyrrole nitrogens is 1. The molecule has 0 amide bonds. The van der Waals surface area contributed by atoms with Gasteiger partial charge in [-0.2, -0.15) is 5.10 Å². The quantitative estimate of drug-likeness (QED) is 0.337. The number of benzene rings is 2. The van der Waals surface area contributed by atoms with E-state index >= 15 is 0 Å². The Morgan fingerprint density at radius 1 is 1.13 bits per heavy atom. The van der Waals surface area contributed by atoms with Gasteiger partial charge in [0.1, 0.15) is 0 Å². The first-order chi connectivity index (χ1) is 11.2. The topological polar surface area (TPSA) is 105 Å². The van der Waals surface area contributed by atoms with Gasteiger partial charge in [-0.25, -0.2) is 4.99 Å². The molecule has 0 aliphatic heterocycles. The van der Waals surface area contributed by atoms with Gasteiger partial charge in [-0.15, -0.1) is 0 Å². The van der Waals surface area contributed by atoms with Crippen LogP contribution in [0.4, 0.5) is 11.4 Å². The van der Waals surface area contributed by atoms with Crippen molar-refractivity contribution in [3.8, 4) is 11.1 Å². The SMILES string of the molecule is N/C(=N\c1ccc(-c2cn[nH]c2)cc1N)NCc1ccccc1. The van der Waals surface area contributed by atoms with Crippen molar-refractivity contribution in [1.29, 1.82) is 0 Å². The molecular weight excluding hydrogens is 288 g/mol. The van der Waals surface area contributed by atoms with E-state index < -0.39 is 0 Å². The Balaban J connectivity index is 1.71. The number of hydrogen-bond donors (Lipinski definition) is 4. The van der Waals surface area contributed by atoms with Gasteiger partial charge < -0.3 is 16.8 Å². The van der Waals surface area contributed by atoms with Gasteiger partial charge in [0, 0.05) is 18.3 Å². The average Bonchev–Trinajstić information content (AvgIpc) is 3.10. The lowest BCUT2D eigenvalue weighted by Gasteiger charge is -2.07. The predicted octanol–water partition coefficient (Wildman–Crippen LogP) is 2.39. The number of aromatic nitrogens is 2. The Bertz CT molecular complexity index is 793. The minimum absolute atomic E-state index is 0.330. The number of rotatable bonds is 4. The van der Waals surface area contributed by atoms with Gasteiger partial charge in [-0.1, -0.05) is 36.4 Å². The van der Waals surface area contributed by atoms with E-state index in [2.05, 4.69) is 20.5 Å². The zero-order chi connectivity index (χ0) is 16.1. The lowest BCUT2D eigenvalue weighted by atomic mass is 10.1. The number of nitrogens with zero attached hydrogens (tertiary/aromatic N) is 2. The summed E-state index contributed by atoms with van der Waals surface area (Å²) < 4.78 is 0. The summed E-state index contributed by atoms with van der Waals surface area (Å²) in [7, 11) is 0. The minimum atomic E-state index is 0.330. The zero-order valence-corrected chi connectivity index (χ0v) is 12.5. The lowest BCUT2D eigenvalue weighted by Crippen LogP contribution is -2.30. The monoisotopic (exact) mass is 306 g/mol. The number of nitrogens with two attached hydrogens (primary N) is 2. The largest absolute Gasteiger partial charge is 0.397 e. The molecule has 0 radical (unpaired) electrons. The molecule has 0 bridgehead atoms. The van der Waals surface area contributed by atoms with E-state index in [0.29, 0.717) is 23.9 Å². The Morgan fingerprint density at radius 3 is 2.65 bits per heavy atom. The molecule has 0 unspecified atom stereocenters. The van der Waals surface area contributed by atoms with E-state index in [9.17, 15) is 0 Å². The number of guanidine groups is 1. The van der Waals surface area contributed by atoms with Crippen molar-refractivity contribution in [1.82, 2.24) is 15.5 Å². The molecule has 0 aliphatic carbocycles. The highest BCUT2D eigenvalue weighted by atomic mass is 15.1.